The van der Waals surface area contributed by atoms with Crippen LogP contribution < -0.4 is 29.6 Å². The van der Waals surface area contributed by atoms with Gasteiger partial charge in [0, 0.05) is 4.90 Å². The van der Waals surface area contributed by atoms with Gasteiger partial charge in [-0.05, 0) is 62.4 Å². The van der Waals surface area contributed by atoms with Gasteiger partial charge in [-0.3, -0.25) is 0 Å². The van der Waals surface area contributed by atoms with Crippen LogP contribution in [0.1, 0.15) is 29.2 Å². The van der Waals surface area contributed by atoms with Crippen LogP contribution in [0, 0.1) is 34.6 Å². The van der Waals surface area contributed by atoms with Crippen molar-refractivity contribution in [3.8, 4) is 0 Å². The van der Waals surface area contributed by atoms with Gasteiger partial charge in [0.1, 0.15) is 0 Å². The van der Waals surface area contributed by atoms with E-state index in [4.69, 9.17) is 0 Å². The van der Waals surface area contributed by atoms with Crippen molar-refractivity contribution in [3.63, 3.8) is 0 Å². The van der Waals surface area contributed by atoms with E-state index >= 15 is 0 Å². The molecule has 0 amide bonds. The van der Waals surface area contributed by atoms with Crippen molar-refractivity contribution in [1.82, 2.24) is 0 Å². The Morgan fingerprint density at radius 2 is 0.923 bits per heavy atom. The summed E-state index contributed by atoms with van der Waals surface area (Å²) in [6.07, 6.45) is 0. The Bertz CT molecular complexity index is 230. The fraction of sp³-hybridized carbons (Fsp3) is 0.455. The molecule has 1 rings (SSSR count). The quantitative estimate of drug-likeness (QED) is 0.465. The molecule has 13 heavy (non-hydrogen) atoms. The molecule has 0 aliphatic heterocycles. The second kappa shape index (κ2) is 4.88. The average Bonchev–Trinajstić information content (AvgIpc) is 2.08. The van der Waals surface area contributed by atoms with Crippen LogP contribution in [-0.2, 0) is 0 Å². The maximum absolute atomic E-state index is 4.50. The maximum Gasteiger partial charge on any atom is 1.00 e. The molecule has 1 aromatic carbocycles. The third kappa shape index (κ3) is 2.33. The molecule has 0 saturated heterocycles. The van der Waals surface area contributed by atoms with Gasteiger partial charge in [0.2, 0.25) is 0 Å². The first-order valence-corrected chi connectivity index (χ1v) is 4.67. The Hall–Kier alpha value is 0.570. The van der Waals surface area contributed by atoms with Gasteiger partial charge in [0.05, 0.1) is 0 Å². The number of benzene rings is 1. The molecule has 0 aromatic heterocycles. The van der Waals surface area contributed by atoms with Crippen LogP contribution in [0.3, 0.4) is 0 Å². The summed E-state index contributed by atoms with van der Waals surface area (Å²) in [4.78, 5) is 1.15. The van der Waals surface area contributed by atoms with Crippen LogP contribution in [0.4, 0.5) is 0 Å². The van der Waals surface area contributed by atoms with Crippen LogP contribution in [0.5, 0.6) is 0 Å². The molecular formula is C11H17NaS. The van der Waals surface area contributed by atoms with Crippen LogP contribution in [0.25, 0.3) is 0 Å². The minimum absolute atomic E-state index is 0. The average molecular weight is 204 g/mol. The summed E-state index contributed by atoms with van der Waals surface area (Å²) in [5, 5.41) is 0. The molecule has 2 heteroatoms. The number of hydrogen-bond donors (Lipinski definition) is 1. The summed E-state index contributed by atoms with van der Waals surface area (Å²) in [7, 11) is 0. The first-order chi connectivity index (χ1) is 5.46. The van der Waals surface area contributed by atoms with Gasteiger partial charge in [-0.25, -0.2) is 0 Å². The van der Waals surface area contributed by atoms with Crippen molar-refractivity contribution in [3.05, 3.63) is 27.8 Å². The zero-order chi connectivity index (χ0) is 9.46. The van der Waals surface area contributed by atoms with E-state index in [2.05, 4.69) is 47.2 Å². The van der Waals surface area contributed by atoms with Gasteiger partial charge in [-0.2, -0.15) is 0 Å². The van der Waals surface area contributed by atoms with Gasteiger partial charge in [0.25, 0.3) is 0 Å². The summed E-state index contributed by atoms with van der Waals surface area (Å²) in [5.41, 5.74) is 6.80. The fourth-order valence-electron chi connectivity index (χ4n) is 1.48. The second-order valence-electron chi connectivity index (χ2n) is 3.47. The molecule has 0 atom stereocenters. The van der Waals surface area contributed by atoms with E-state index in [1.807, 2.05) is 0 Å². The molecule has 0 aliphatic carbocycles. The molecule has 0 N–H and O–H groups in total. The molecule has 68 valence electrons. The number of hydrogen-bond acceptors (Lipinski definition) is 1. The van der Waals surface area contributed by atoms with E-state index in [1.54, 1.807) is 0 Å². The summed E-state index contributed by atoms with van der Waals surface area (Å²) < 4.78 is 0. The van der Waals surface area contributed by atoms with Gasteiger partial charge >= 0.3 is 29.6 Å². The van der Waals surface area contributed by atoms with Crippen molar-refractivity contribution in [2.45, 2.75) is 39.5 Å². The fourth-order valence-corrected chi connectivity index (χ4v) is 1.82. The van der Waals surface area contributed by atoms with E-state index in [9.17, 15) is 0 Å². The predicted octanol–water partition coefficient (Wildman–Crippen LogP) is 0.634. The minimum Gasteiger partial charge on any atom is -1.00 e. The van der Waals surface area contributed by atoms with E-state index in [0.29, 0.717) is 0 Å². The van der Waals surface area contributed by atoms with Gasteiger partial charge < -0.3 is 1.43 Å². The Morgan fingerprint density at radius 1 is 0.692 bits per heavy atom. The molecule has 0 saturated carbocycles. The third-order valence-electron chi connectivity index (χ3n) is 2.96. The first kappa shape index (κ1) is 13.6. The molecule has 0 nitrogen and oxygen atoms in total. The summed E-state index contributed by atoms with van der Waals surface area (Å²) >= 11 is 4.50. The second-order valence-corrected chi connectivity index (χ2v) is 3.92. The number of rotatable bonds is 0. The zero-order valence-corrected chi connectivity index (χ0v) is 12.3. The number of thiol groups is 1. The largest absolute Gasteiger partial charge is 1.00 e. The molecule has 0 bridgehead atoms. The maximum atomic E-state index is 4.50. The van der Waals surface area contributed by atoms with Crippen LogP contribution >= 0.6 is 12.6 Å². The molecule has 0 fully saturated rings. The van der Waals surface area contributed by atoms with Crippen LogP contribution in [0.2, 0.25) is 0 Å². The van der Waals surface area contributed by atoms with Crippen molar-refractivity contribution in [1.29, 1.82) is 0 Å². The van der Waals surface area contributed by atoms with Crippen molar-refractivity contribution >= 4 is 12.6 Å². The molecule has 0 spiro atoms. The van der Waals surface area contributed by atoms with Crippen LogP contribution in [0.15, 0.2) is 4.90 Å². The van der Waals surface area contributed by atoms with Crippen molar-refractivity contribution in [2.24, 2.45) is 0 Å². The SMILES string of the molecule is Cc1c(C)c(C)c(S)c(C)c1C.[H-].[Na+]. The molecule has 0 radical (unpaired) electrons. The van der Waals surface area contributed by atoms with E-state index in [1.165, 1.54) is 27.8 Å². The standard InChI is InChI=1S/C11H16S.Na.H/c1-6-7(2)9(4)11(12)10(5)8(6)3;;/h12H,1-5H3;;/q;+1;-1. The normalized spacial score (nSPS) is 9.69. The van der Waals surface area contributed by atoms with Crippen molar-refractivity contribution < 1.29 is 31.0 Å². The summed E-state index contributed by atoms with van der Waals surface area (Å²) in [6.45, 7) is 10.8. The van der Waals surface area contributed by atoms with Crippen LogP contribution in [-0.4, -0.2) is 0 Å². The first-order valence-electron chi connectivity index (χ1n) is 4.22. The summed E-state index contributed by atoms with van der Waals surface area (Å²) in [6, 6.07) is 0. The minimum atomic E-state index is 0. The third-order valence-corrected chi connectivity index (χ3v) is 3.63. The topological polar surface area (TPSA) is 0 Å². The zero-order valence-electron chi connectivity index (χ0n) is 10.4. The Kier molecular flexibility index (Phi) is 5.09. The summed E-state index contributed by atoms with van der Waals surface area (Å²) in [5.74, 6) is 0. The molecule has 0 heterocycles. The Morgan fingerprint density at radius 3 is 1.23 bits per heavy atom. The molecular weight excluding hydrogens is 187 g/mol. The van der Waals surface area contributed by atoms with E-state index in [-0.39, 0.29) is 31.0 Å². The monoisotopic (exact) mass is 204 g/mol. The van der Waals surface area contributed by atoms with Gasteiger partial charge in [-0.15, -0.1) is 12.6 Å². The smallest absolute Gasteiger partial charge is 1.00 e. The molecule has 0 unspecified atom stereocenters. The van der Waals surface area contributed by atoms with E-state index in [0.717, 1.165) is 4.90 Å². The Labute approximate surface area is 110 Å². The Balaban J connectivity index is 0. The van der Waals surface area contributed by atoms with Gasteiger partial charge in [0.15, 0.2) is 0 Å². The predicted molar refractivity (Wildman–Crippen MR) is 58.5 cm³/mol. The molecule has 1 aromatic rings. The van der Waals surface area contributed by atoms with Gasteiger partial charge in [-0.1, -0.05) is 0 Å². The van der Waals surface area contributed by atoms with Crippen molar-refractivity contribution in [2.75, 3.05) is 0 Å². The molecule has 0 aliphatic rings. The van der Waals surface area contributed by atoms with E-state index < -0.39 is 0 Å².